The Kier molecular flexibility index (Phi) is 9.81. The van der Waals surface area contributed by atoms with Crippen LogP contribution >= 0.6 is 0 Å². The number of hydrogen-bond donors (Lipinski definition) is 1. The van der Waals surface area contributed by atoms with E-state index in [1.807, 2.05) is 24.4 Å². The molecule has 5 nitrogen and oxygen atoms in total. The molecular weight excluding hydrogens is 805 g/mol. The van der Waals surface area contributed by atoms with Crippen molar-refractivity contribution in [1.82, 2.24) is 19.1 Å². The van der Waals surface area contributed by atoms with Crippen LogP contribution in [0.5, 0.6) is 5.75 Å². The predicted molar refractivity (Wildman–Crippen MR) is 274 cm³/mol. The molecule has 0 unspecified atom stereocenters. The lowest BCUT2D eigenvalue weighted by atomic mass is 9.76. The summed E-state index contributed by atoms with van der Waals surface area (Å²) in [6.45, 7) is 11.4. The Labute approximate surface area is 386 Å². The number of fused-ring (bicyclic) bond motifs is 4. The average molecular weight is 855 g/mol. The van der Waals surface area contributed by atoms with E-state index in [-0.39, 0.29) is 16.6 Å². The minimum atomic E-state index is -0.375. The summed E-state index contributed by atoms with van der Waals surface area (Å²) in [5.41, 5.74) is 16.0. The van der Waals surface area contributed by atoms with E-state index in [2.05, 4.69) is 220 Å². The summed E-state index contributed by atoms with van der Waals surface area (Å²) in [5, 5.41) is 13.9. The number of para-hydroxylation sites is 4. The number of benzene rings is 8. The summed E-state index contributed by atoms with van der Waals surface area (Å²) in [6, 6.07) is 70.4. The summed E-state index contributed by atoms with van der Waals surface area (Å²) in [6.07, 6.45) is 1.95. The maximum atomic E-state index is 11.6. The highest BCUT2D eigenvalue weighted by molar-refractivity contribution is 6.13. The van der Waals surface area contributed by atoms with Crippen molar-refractivity contribution in [1.29, 1.82) is 0 Å². The lowest BCUT2D eigenvalue weighted by Gasteiger charge is -2.27. The maximum absolute atomic E-state index is 11.6. The molecule has 8 aromatic carbocycles. The third-order valence-corrected chi connectivity index (χ3v) is 13.4. The molecule has 0 spiro atoms. The van der Waals surface area contributed by atoms with Crippen LogP contribution in [-0.4, -0.2) is 24.2 Å². The fourth-order valence-electron chi connectivity index (χ4n) is 9.74. The third kappa shape index (κ3) is 6.87. The van der Waals surface area contributed by atoms with Crippen LogP contribution in [0.25, 0.3) is 89.1 Å². The molecule has 0 aliphatic carbocycles. The molecule has 0 aliphatic rings. The number of phenolic OH excluding ortho intramolecular Hbond substituents is 1. The van der Waals surface area contributed by atoms with Crippen LogP contribution in [0.1, 0.15) is 51.3 Å². The summed E-state index contributed by atoms with van der Waals surface area (Å²) in [4.78, 5) is 10.8. The van der Waals surface area contributed by atoms with Crippen molar-refractivity contribution in [3.63, 3.8) is 0 Å². The van der Waals surface area contributed by atoms with Crippen molar-refractivity contribution >= 4 is 32.8 Å². The van der Waals surface area contributed by atoms with Gasteiger partial charge in [0.15, 0.2) is 0 Å². The monoisotopic (exact) mass is 854 g/mol. The summed E-state index contributed by atoms with van der Waals surface area (Å²) >= 11 is 0. The molecule has 5 heteroatoms. The van der Waals surface area contributed by atoms with Gasteiger partial charge in [-0.2, -0.15) is 0 Å². The first-order valence-electron chi connectivity index (χ1n) is 22.7. The Morgan fingerprint density at radius 3 is 1.86 bits per heavy atom. The molecule has 0 atom stereocenters. The van der Waals surface area contributed by atoms with Gasteiger partial charge in [0.05, 0.1) is 39.0 Å². The average Bonchev–Trinajstić information content (AvgIpc) is 3.91. The van der Waals surface area contributed by atoms with Crippen molar-refractivity contribution in [2.24, 2.45) is 0 Å². The lowest BCUT2D eigenvalue weighted by Crippen LogP contribution is -2.19. The molecule has 66 heavy (non-hydrogen) atoms. The molecule has 3 heterocycles. The summed E-state index contributed by atoms with van der Waals surface area (Å²) in [7, 11) is 0. The van der Waals surface area contributed by atoms with E-state index in [4.69, 9.17) is 9.97 Å². The van der Waals surface area contributed by atoms with Crippen molar-refractivity contribution in [2.75, 3.05) is 0 Å². The zero-order valence-corrected chi connectivity index (χ0v) is 37.9. The number of imidazole rings is 1. The van der Waals surface area contributed by atoms with Gasteiger partial charge in [-0.15, -0.1) is 0 Å². The molecular formula is C61H50N4O. The van der Waals surface area contributed by atoms with Crippen LogP contribution in [-0.2, 0) is 10.8 Å². The Hall–Kier alpha value is -8.02. The van der Waals surface area contributed by atoms with Crippen LogP contribution in [0.2, 0.25) is 0 Å². The number of rotatable bonds is 8. The lowest BCUT2D eigenvalue weighted by molar-refractivity contribution is 0.477. The Morgan fingerprint density at radius 1 is 0.455 bits per heavy atom. The molecule has 11 aromatic rings. The smallest absolute Gasteiger partial charge is 0.149 e. The summed E-state index contributed by atoms with van der Waals surface area (Å²) in [5.74, 6) is 0.834. The van der Waals surface area contributed by atoms with Crippen LogP contribution in [0.4, 0.5) is 0 Å². The van der Waals surface area contributed by atoms with E-state index >= 15 is 0 Å². The molecule has 3 aromatic heterocycles. The van der Waals surface area contributed by atoms with Crippen molar-refractivity contribution < 1.29 is 5.11 Å². The first-order valence-corrected chi connectivity index (χ1v) is 22.7. The van der Waals surface area contributed by atoms with Gasteiger partial charge in [-0.05, 0) is 100.0 Å². The third-order valence-electron chi connectivity index (χ3n) is 13.4. The Morgan fingerprint density at radius 2 is 1.11 bits per heavy atom. The minimum Gasteiger partial charge on any atom is -0.507 e. The van der Waals surface area contributed by atoms with E-state index in [9.17, 15) is 5.11 Å². The van der Waals surface area contributed by atoms with Gasteiger partial charge in [0.25, 0.3) is 0 Å². The highest BCUT2D eigenvalue weighted by atomic mass is 16.3. The van der Waals surface area contributed by atoms with Crippen molar-refractivity contribution in [3.8, 4) is 62.0 Å². The molecule has 0 radical (unpaired) electrons. The Balaban J connectivity index is 1.22. The number of phenols is 1. The van der Waals surface area contributed by atoms with Gasteiger partial charge < -0.3 is 9.67 Å². The number of aromatic nitrogens is 4. The number of nitrogens with zero attached hydrogens (tertiary/aromatic N) is 4. The first-order chi connectivity index (χ1) is 32.1. The minimum absolute atomic E-state index is 0.0718. The number of hydrogen-bond acceptors (Lipinski definition) is 3. The van der Waals surface area contributed by atoms with Gasteiger partial charge in [0.2, 0.25) is 0 Å². The van der Waals surface area contributed by atoms with Gasteiger partial charge in [-0.1, -0.05) is 168 Å². The number of pyridine rings is 1. The van der Waals surface area contributed by atoms with Gasteiger partial charge in [-0.3, -0.25) is 9.55 Å². The second-order valence-corrected chi connectivity index (χ2v) is 18.8. The molecule has 11 rings (SSSR count). The highest BCUT2D eigenvalue weighted by Gasteiger charge is 2.28. The van der Waals surface area contributed by atoms with E-state index in [0.29, 0.717) is 11.4 Å². The fraction of sp³-hybridized carbons (Fsp3) is 0.115. The molecule has 0 saturated carbocycles. The van der Waals surface area contributed by atoms with Crippen LogP contribution in [0, 0.1) is 0 Å². The van der Waals surface area contributed by atoms with Crippen LogP contribution in [0.15, 0.2) is 206 Å². The van der Waals surface area contributed by atoms with Gasteiger partial charge >= 0.3 is 0 Å². The fourth-order valence-corrected chi connectivity index (χ4v) is 9.74. The summed E-state index contributed by atoms with van der Waals surface area (Å²) < 4.78 is 4.60. The topological polar surface area (TPSA) is 55.9 Å². The normalized spacial score (nSPS) is 12.1. The maximum Gasteiger partial charge on any atom is 0.149 e. The van der Waals surface area contributed by atoms with Crippen LogP contribution < -0.4 is 0 Å². The van der Waals surface area contributed by atoms with Crippen LogP contribution in [0.3, 0.4) is 0 Å². The largest absolute Gasteiger partial charge is 0.507 e. The van der Waals surface area contributed by atoms with E-state index in [1.165, 1.54) is 16.5 Å². The molecule has 320 valence electrons. The highest BCUT2D eigenvalue weighted by Crippen LogP contribution is 2.45. The zero-order valence-electron chi connectivity index (χ0n) is 37.9. The van der Waals surface area contributed by atoms with Gasteiger partial charge in [-0.25, -0.2) is 4.98 Å². The van der Waals surface area contributed by atoms with E-state index in [0.717, 1.165) is 77.9 Å². The van der Waals surface area contributed by atoms with E-state index in [1.54, 1.807) is 6.07 Å². The molecule has 0 bridgehead atoms. The molecule has 0 aliphatic heterocycles. The molecule has 1 N–H and O–H groups in total. The quantitative estimate of drug-likeness (QED) is 0.166. The standard InChI is InChI=1S/C61H50N4O/c1-60(2,3)44-32-33-53(51(39-44)40-20-9-6-10-21-40)65-54-30-19-28-47(57(54)63-59(65)50-27-16-18-31-55(50)66)41-36-42(38-45(37-41)61(4,5)43-22-11-7-12-23-43)56-58-49(34-35-62-56)48-26-15-17-29-52(48)64(58)46-24-13-8-14-25-46/h6-39,66H,1-5H3. The second-order valence-electron chi connectivity index (χ2n) is 18.8. The molecule has 0 saturated heterocycles. The SMILES string of the molecule is CC(C)(C)c1ccc(-n2c(-c3ccccc3O)nc3c(-c4cc(-c5nccc6c7ccccc7n(-c7ccccc7)c56)cc(C(C)(C)c5ccccc5)c4)cccc32)c(-c2ccccc2)c1. The molecule has 0 fully saturated rings. The molecule has 0 amide bonds. The van der Waals surface area contributed by atoms with Gasteiger partial charge in [0.1, 0.15) is 11.6 Å². The second kappa shape index (κ2) is 15.9. The first kappa shape index (κ1) is 40.7. The van der Waals surface area contributed by atoms with Gasteiger partial charge in [0, 0.05) is 44.8 Å². The Bertz CT molecular complexity index is 3600. The van der Waals surface area contributed by atoms with Crippen molar-refractivity contribution in [2.45, 2.75) is 45.4 Å². The van der Waals surface area contributed by atoms with E-state index < -0.39 is 0 Å². The predicted octanol–water partition coefficient (Wildman–Crippen LogP) is 15.5. The van der Waals surface area contributed by atoms with Crippen molar-refractivity contribution in [3.05, 3.63) is 223 Å². The number of aromatic hydroxyl groups is 1. The zero-order chi connectivity index (χ0) is 45.2.